The normalized spacial score (nSPS) is 10.1. The molecule has 104 valence electrons. The monoisotopic (exact) mass is 277 g/mol. The molecule has 2 rings (SSSR count). The Balaban J connectivity index is 2.04. The van der Waals surface area contributed by atoms with Crippen molar-refractivity contribution in [3.8, 4) is 5.75 Å². The number of furan rings is 1. The molecule has 1 aromatic heterocycles. The van der Waals surface area contributed by atoms with Crippen LogP contribution in [0.4, 0.5) is 4.39 Å². The van der Waals surface area contributed by atoms with Gasteiger partial charge in [-0.05, 0) is 24.3 Å². The molecule has 0 aliphatic carbocycles. The zero-order chi connectivity index (χ0) is 14.5. The largest absolute Gasteiger partial charge is 0.494 e. The number of carbonyl (C=O) groups excluding carboxylic acids is 2. The highest BCUT2D eigenvalue weighted by Crippen LogP contribution is 2.19. The maximum atomic E-state index is 13.8. The maximum absolute atomic E-state index is 13.8. The van der Waals surface area contributed by atoms with Gasteiger partial charge in [-0.1, -0.05) is 6.07 Å². The predicted octanol–water partition coefficient (Wildman–Crippen LogP) is 2.04. The number of hydrogen-bond donors (Lipinski definition) is 1. The van der Waals surface area contributed by atoms with Crippen LogP contribution < -0.4 is 10.1 Å². The fourth-order valence-electron chi connectivity index (χ4n) is 1.62. The van der Waals surface area contributed by atoms with Gasteiger partial charge in [-0.25, -0.2) is 4.39 Å². The lowest BCUT2D eigenvalue weighted by Crippen LogP contribution is -2.30. The van der Waals surface area contributed by atoms with Crippen LogP contribution in [-0.4, -0.2) is 25.3 Å². The van der Waals surface area contributed by atoms with E-state index in [9.17, 15) is 14.0 Å². The van der Waals surface area contributed by atoms with Crippen LogP contribution in [0.5, 0.6) is 5.75 Å². The highest BCUT2D eigenvalue weighted by atomic mass is 19.1. The van der Waals surface area contributed by atoms with Gasteiger partial charge in [-0.3, -0.25) is 9.59 Å². The third-order valence-electron chi connectivity index (χ3n) is 2.63. The van der Waals surface area contributed by atoms with E-state index in [-0.39, 0.29) is 23.6 Å². The molecular weight excluding hydrogens is 265 g/mol. The van der Waals surface area contributed by atoms with Crippen molar-refractivity contribution in [2.75, 3.05) is 13.7 Å². The fraction of sp³-hybridized carbons (Fsp3) is 0.143. The summed E-state index contributed by atoms with van der Waals surface area (Å²) in [5, 5.41) is 2.34. The average Bonchev–Trinajstić information content (AvgIpc) is 2.99. The molecule has 0 radical (unpaired) electrons. The third-order valence-corrected chi connectivity index (χ3v) is 2.63. The Morgan fingerprint density at radius 2 is 2.10 bits per heavy atom. The number of hydrogen-bond acceptors (Lipinski definition) is 4. The van der Waals surface area contributed by atoms with Crippen molar-refractivity contribution in [2.45, 2.75) is 0 Å². The van der Waals surface area contributed by atoms with Crippen LogP contribution in [0.15, 0.2) is 41.0 Å². The van der Waals surface area contributed by atoms with Crippen LogP contribution in [-0.2, 0) is 0 Å². The number of halogens is 1. The Hall–Kier alpha value is -2.63. The van der Waals surface area contributed by atoms with Gasteiger partial charge in [0.05, 0.1) is 25.5 Å². The molecule has 6 heteroatoms. The average molecular weight is 277 g/mol. The zero-order valence-corrected chi connectivity index (χ0v) is 10.7. The quantitative estimate of drug-likeness (QED) is 0.849. The Bertz CT molecular complexity index is 622. The molecule has 0 fully saturated rings. The second kappa shape index (κ2) is 6.01. The first-order valence-electron chi connectivity index (χ1n) is 5.81. The van der Waals surface area contributed by atoms with Gasteiger partial charge in [0.2, 0.25) is 5.78 Å². The molecule has 0 saturated heterocycles. The number of ketones is 1. The Morgan fingerprint density at radius 1 is 1.30 bits per heavy atom. The number of ether oxygens (including phenoxy) is 1. The third kappa shape index (κ3) is 2.85. The number of amides is 1. The van der Waals surface area contributed by atoms with E-state index in [0.29, 0.717) is 0 Å². The molecular formula is C14H12FNO4. The van der Waals surface area contributed by atoms with Crippen molar-refractivity contribution in [1.82, 2.24) is 5.32 Å². The first-order valence-corrected chi connectivity index (χ1v) is 5.81. The minimum Gasteiger partial charge on any atom is -0.494 e. The van der Waals surface area contributed by atoms with E-state index in [1.54, 1.807) is 6.07 Å². The summed E-state index contributed by atoms with van der Waals surface area (Å²) in [6.07, 6.45) is 1.36. The van der Waals surface area contributed by atoms with E-state index in [1.807, 2.05) is 0 Å². The molecule has 0 atom stereocenters. The molecule has 2 aromatic rings. The minimum absolute atomic E-state index is 0.0324. The van der Waals surface area contributed by atoms with Gasteiger partial charge < -0.3 is 14.5 Å². The fourth-order valence-corrected chi connectivity index (χ4v) is 1.62. The molecule has 0 bridgehead atoms. The molecule has 5 nitrogen and oxygen atoms in total. The van der Waals surface area contributed by atoms with Gasteiger partial charge in [0.25, 0.3) is 5.91 Å². The summed E-state index contributed by atoms with van der Waals surface area (Å²) in [4.78, 5) is 23.4. The lowest BCUT2D eigenvalue weighted by molar-refractivity contribution is 0.0889. The SMILES string of the molecule is COc1cccc(C(=O)NCC(=O)c2ccco2)c1F. The molecule has 0 aliphatic heterocycles. The molecule has 0 saturated carbocycles. The molecule has 0 spiro atoms. The number of methoxy groups -OCH3 is 1. The summed E-state index contributed by atoms with van der Waals surface area (Å²) in [7, 11) is 1.31. The first kappa shape index (κ1) is 13.8. The molecule has 1 N–H and O–H groups in total. The molecule has 0 aliphatic rings. The molecule has 1 heterocycles. The van der Waals surface area contributed by atoms with E-state index in [4.69, 9.17) is 9.15 Å². The number of rotatable bonds is 5. The van der Waals surface area contributed by atoms with Crippen molar-refractivity contribution in [3.05, 3.63) is 53.7 Å². The number of nitrogens with one attached hydrogen (secondary N) is 1. The highest BCUT2D eigenvalue weighted by molar-refractivity contribution is 6.01. The second-order valence-corrected chi connectivity index (χ2v) is 3.90. The summed E-state index contributed by atoms with van der Waals surface area (Å²) in [6.45, 7) is -0.275. The summed E-state index contributed by atoms with van der Waals surface area (Å²) < 4.78 is 23.5. The smallest absolute Gasteiger partial charge is 0.254 e. The van der Waals surface area contributed by atoms with Gasteiger partial charge in [0.15, 0.2) is 17.3 Å². The minimum atomic E-state index is -0.766. The number of carbonyl (C=O) groups is 2. The number of Topliss-reactive ketones (excluding diaryl/α,β-unsaturated/α-hetero) is 1. The molecule has 20 heavy (non-hydrogen) atoms. The molecule has 1 aromatic carbocycles. The molecule has 0 unspecified atom stereocenters. The van der Waals surface area contributed by atoms with Crippen LogP contribution in [0, 0.1) is 5.82 Å². The first-order chi connectivity index (χ1) is 9.63. The Labute approximate surface area is 114 Å². The standard InChI is InChI=1S/C14H12FNO4/c1-19-12-5-2-4-9(13(12)15)14(18)16-8-10(17)11-6-3-7-20-11/h2-7H,8H2,1H3,(H,16,18). The van der Waals surface area contributed by atoms with Gasteiger partial charge in [0.1, 0.15) is 0 Å². The van der Waals surface area contributed by atoms with E-state index in [0.717, 1.165) is 0 Å². The van der Waals surface area contributed by atoms with Gasteiger partial charge in [-0.15, -0.1) is 0 Å². The topological polar surface area (TPSA) is 68.5 Å². The van der Waals surface area contributed by atoms with Gasteiger partial charge in [-0.2, -0.15) is 0 Å². The molecule has 1 amide bonds. The van der Waals surface area contributed by atoms with Crippen LogP contribution in [0.3, 0.4) is 0 Å². The van der Waals surface area contributed by atoms with Crippen LogP contribution >= 0.6 is 0 Å². The van der Waals surface area contributed by atoms with Crippen molar-refractivity contribution in [3.63, 3.8) is 0 Å². The summed E-state index contributed by atoms with van der Waals surface area (Å²) in [6, 6.07) is 7.26. The van der Waals surface area contributed by atoms with E-state index >= 15 is 0 Å². The van der Waals surface area contributed by atoms with E-state index in [1.165, 1.54) is 37.6 Å². The summed E-state index contributed by atoms with van der Waals surface area (Å²) >= 11 is 0. The lowest BCUT2D eigenvalue weighted by atomic mass is 10.2. The van der Waals surface area contributed by atoms with Crippen molar-refractivity contribution in [2.24, 2.45) is 0 Å². The van der Waals surface area contributed by atoms with Crippen LogP contribution in [0.1, 0.15) is 20.9 Å². The van der Waals surface area contributed by atoms with Gasteiger partial charge in [0, 0.05) is 0 Å². The highest BCUT2D eigenvalue weighted by Gasteiger charge is 2.17. The van der Waals surface area contributed by atoms with E-state index < -0.39 is 17.5 Å². The lowest BCUT2D eigenvalue weighted by Gasteiger charge is -2.07. The summed E-state index contributed by atoms with van der Waals surface area (Å²) in [5.41, 5.74) is -0.184. The maximum Gasteiger partial charge on any atom is 0.254 e. The van der Waals surface area contributed by atoms with Crippen LogP contribution in [0.25, 0.3) is 0 Å². The van der Waals surface area contributed by atoms with Crippen molar-refractivity contribution < 1.29 is 23.1 Å². The van der Waals surface area contributed by atoms with Crippen LogP contribution in [0.2, 0.25) is 0 Å². The number of benzene rings is 1. The van der Waals surface area contributed by atoms with Crippen molar-refractivity contribution in [1.29, 1.82) is 0 Å². The van der Waals surface area contributed by atoms with E-state index in [2.05, 4.69) is 5.32 Å². The second-order valence-electron chi connectivity index (χ2n) is 3.90. The zero-order valence-electron chi connectivity index (χ0n) is 10.7. The predicted molar refractivity (Wildman–Crippen MR) is 68.3 cm³/mol. The Kier molecular flexibility index (Phi) is 4.14. The van der Waals surface area contributed by atoms with Crippen molar-refractivity contribution >= 4 is 11.7 Å². The summed E-state index contributed by atoms with van der Waals surface area (Å²) in [5.74, 6) is -1.75. The van der Waals surface area contributed by atoms with Gasteiger partial charge >= 0.3 is 0 Å². The Morgan fingerprint density at radius 3 is 2.75 bits per heavy atom.